The van der Waals surface area contributed by atoms with Crippen LogP contribution in [-0.4, -0.2) is 31.8 Å². The maximum absolute atomic E-state index is 13.2. The fourth-order valence-corrected chi connectivity index (χ4v) is 5.35. The Labute approximate surface area is 215 Å². The van der Waals surface area contributed by atoms with Crippen LogP contribution in [0.25, 0.3) is 0 Å². The van der Waals surface area contributed by atoms with Crippen molar-refractivity contribution in [2.24, 2.45) is 0 Å². The lowest BCUT2D eigenvalue weighted by Gasteiger charge is -2.21. The first kappa shape index (κ1) is 27.3. The van der Waals surface area contributed by atoms with E-state index < -0.39 is 39.2 Å². The molecule has 0 bridgehead atoms. The fourth-order valence-electron chi connectivity index (χ4n) is 3.39. The maximum Gasteiger partial charge on any atom is 0.251 e. The van der Waals surface area contributed by atoms with Gasteiger partial charge in [0.05, 0.1) is 5.02 Å². The van der Waals surface area contributed by atoms with Crippen molar-refractivity contribution in [3.05, 3.63) is 94.8 Å². The number of benzene rings is 3. The van der Waals surface area contributed by atoms with Crippen LogP contribution in [0.3, 0.4) is 0 Å². The molecule has 0 unspecified atom stereocenters. The van der Waals surface area contributed by atoms with Gasteiger partial charge in [-0.2, -0.15) is 0 Å². The number of carbonyl (C=O) groups excluding carboxylic acids is 2. The molecule has 0 saturated heterocycles. The van der Waals surface area contributed by atoms with E-state index in [0.717, 1.165) is 17.7 Å². The van der Waals surface area contributed by atoms with Crippen molar-refractivity contribution in [3.63, 3.8) is 0 Å². The van der Waals surface area contributed by atoms with Crippen LogP contribution < -0.4 is 15.4 Å². The molecule has 190 valence electrons. The average molecular weight is 532 g/mol. The Kier molecular flexibility index (Phi) is 8.50. The highest BCUT2D eigenvalue weighted by Crippen LogP contribution is 2.26. The van der Waals surface area contributed by atoms with Gasteiger partial charge in [-0.1, -0.05) is 41.9 Å². The molecule has 10 heteroatoms. The third-order valence-corrected chi connectivity index (χ3v) is 7.18. The first-order valence-corrected chi connectivity index (χ1v) is 12.9. The Morgan fingerprint density at radius 1 is 0.972 bits per heavy atom. The van der Waals surface area contributed by atoms with Gasteiger partial charge < -0.3 is 10.6 Å². The van der Waals surface area contributed by atoms with E-state index in [-0.39, 0.29) is 27.6 Å². The van der Waals surface area contributed by atoms with E-state index in [1.165, 1.54) is 30.3 Å². The largest absolute Gasteiger partial charge is 0.340 e. The lowest BCUT2D eigenvalue weighted by atomic mass is 10.0. The third-order valence-electron chi connectivity index (χ3n) is 4.94. The summed E-state index contributed by atoms with van der Waals surface area (Å²) in [5, 5.41) is 5.30. The fraction of sp³-hybridized carbons (Fsp3) is 0.231. The van der Waals surface area contributed by atoms with Crippen molar-refractivity contribution in [1.82, 2.24) is 10.0 Å². The Hall–Kier alpha value is -3.27. The zero-order valence-corrected chi connectivity index (χ0v) is 21.6. The number of hydrogen-bond donors (Lipinski definition) is 3. The zero-order chi connectivity index (χ0) is 26.5. The van der Waals surface area contributed by atoms with E-state index in [2.05, 4.69) is 15.4 Å². The smallest absolute Gasteiger partial charge is 0.251 e. The van der Waals surface area contributed by atoms with Crippen molar-refractivity contribution in [2.75, 3.05) is 5.32 Å². The molecule has 0 fully saturated rings. The molecule has 3 aromatic carbocycles. The number of anilines is 1. The Bertz CT molecular complexity index is 1340. The maximum atomic E-state index is 13.2. The molecule has 3 aromatic rings. The van der Waals surface area contributed by atoms with E-state index in [1.54, 1.807) is 20.8 Å². The van der Waals surface area contributed by atoms with Gasteiger partial charge in [-0.25, -0.2) is 17.5 Å². The number of nitrogens with one attached hydrogen (secondary N) is 3. The topological polar surface area (TPSA) is 104 Å². The molecule has 0 heterocycles. The lowest BCUT2D eigenvalue weighted by Crippen LogP contribution is -2.45. The highest BCUT2D eigenvalue weighted by atomic mass is 35.5. The van der Waals surface area contributed by atoms with E-state index in [9.17, 15) is 22.4 Å². The van der Waals surface area contributed by atoms with Gasteiger partial charge in [0.1, 0.15) is 16.8 Å². The van der Waals surface area contributed by atoms with Gasteiger partial charge in [0.2, 0.25) is 15.9 Å². The summed E-state index contributed by atoms with van der Waals surface area (Å²) in [5.74, 6) is -1.56. The van der Waals surface area contributed by atoms with Gasteiger partial charge in [0, 0.05) is 23.2 Å². The second-order valence-electron chi connectivity index (χ2n) is 9.21. The highest BCUT2D eigenvalue weighted by Gasteiger charge is 2.26. The Balaban J connectivity index is 1.81. The van der Waals surface area contributed by atoms with Crippen LogP contribution in [-0.2, 0) is 21.2 Å². The standard InChI is InChI=1S/C26H27ClFN3O4S/c1-26(2,3)31-36(34,35)23-14-13-20(16-21(23)27)29-25(33)22(15-17-7-5-4-6-8-17)30-24(32)18-9-11-19(28)12-10-18/h4-14,16,22,31H,15H2,1-3H3,(H,29,33)(H,30,32)/t22-/m0/s1. The number of hydrogen-bond acceptors (Lipinski definition) is 4. The van der Waals surface area contributed by atoms with Crippen LogP contribution in [0.15, 0.2) is 77.7 Å². The quantitative estimate of drug-likeness (QED) is 0.397. The van der Waals surface area contributed by atoms with Gasteiger partial charge in [0.25, 0.3) is 5.91 Å². The summed E-state index contributed by atoms with van der Waals surface area (Å²) in [4.78, 5) is 25.8. The molecule has 0 radical (unpaired) electrons. The number of halogens is 2. The minimum absolute atomic E-state index is 0.0699. The molecule has 7 nitrogen and oxygen atoms in total. The summed E-state index contributed by atoms with van der Waals surface area (Å²) < 4.78 is 41.0. The normalized spacial score (nSPS) is 12.6. The van der Waals surface area contributed by atoms with Crippen LogP contribution in [0, 0.1) is 5.82 Å². The van der Waals surface area contributed by atoms with Crippen molar-refractivity contribution in [3.8, 4) is 0 Å². The lowest BCUT2D eigenvalue weighted by molar-refractivity contribution is -0.118. The zero-order valence-electron chi connectivity index (χ0n) is 20.0. The summed E-state index contributed by atoms with van der Waals surface area (Å²) in [6, 6.07) is 17.2. The molecule has 0 aromatic heterocycles. The monoisotopic (exact) mass is 531 g/mol. The molecule has 0 aliphatic carbocycles. The summed E-state index contributed by atoms with van der Waals surface area (Å²) in [6.07, 6.45) is 0.190. The van der Waals surface area contributed by atoms with Crippen molar-refractivity contribution in [2.45, 2.75) is 43.7 Å². The molecule has 0 spiro atoms. The molecule has 0 aliphatic rings. The van der Waals surface area contributed by atoms with E-state index in [4.69, 9.17) is 11.6 Å². The van der Waals surface area contributed by atoms with Crippen LogP contribution in [0.5, 0.6) is 0 Å². The van der Waals surface area contributed by atoms with Gasteiger partial charge in [-0.05, 0) is 68.8 Å². The van der Waals surface area contributed by atoms with Crippen molar-refractivity contribution >= 4 is 39.1 Å². The number of rotatable bonds is 8. The molecular weight excluding hydrogens is 505 g/mol. The van der Waals surface area contributed by atoms with E-state index in [1.807, 2.05) is 30.3 Å². The Morgan fingerprint density at radius 2 is 1.61 bits per heavy atom. The molecule has 0 saturated carbocycles. The minimum Gasteiger partial charge on any atom is -0.340 e. The molecule has 3 N–H and O–H groups in total. The summed E-state index contributed by atoms with van der Waals surface area (Å²) in [6.45, 7) is 5.13. The molecule has 1 atom stereocenters. The SMILES string of the molecule is CC(C)(C)NS(=O)(=O)c1ccc(NC(=O)[C@H](Cc2ccccc2)NC(=O)c2ccc(F)cc2)cc1Cl. The molecule has 3 rings (SSSR count). The highest BCUT2D eigenvalue weighted by molar-refractivity contribution is 7.89. The first-order valence-electron chi connectivity index (χ1n) is 11.1. The summed E-state index contributed by atoms with van der Waals surface area (Å²) in [5.41, 5.74) is 0.562. The molecule has 36 heavy (non-hydrogen) atoms. The van der Waals surface area contributed by atoms with Gasteiger partial charge in [-0.15, -0.1) is 0 Å². The summed E-state index contributed by atoms with van der Waals surface area (Å²) >= 11 is 6.24. The number of carbonyl (C=O) groups is 2. The molecular formula is C26H27ClFN3O4S. The van der Waals surface area contributed by atoms with E-state index in [0.29, 0.717) is 0 Å². The minimum atomic E-state index is -3.88. The van der Waals surface area contributed by atoms with Gasteiger partial charge >= 0.3 is 0 Å². The predicted molar refractivity (Wildman–Crippen MR) is 138 cm³/mol. The average Bonchev–Trinajstić information content (AvgIpc) is 2.78. The van der Waals surface area contributed by atoms with E-state index >= 15 is 0 Å². The molecule has 0 aliphatic heterocycles. The number of amides is 2. The van der Waals surface area contributed by atoms with Crippen molar-refractivity contribution < 1.29 is 22.4 Å². The number of sulfonamides is 1. The third kappa shape index (κ3) is 7.61. The summed E-state index contributed by atoms with van der Waals surface area (Å²) in [7, 11) is -3.88. The van der Waals surface area contributed by atoms with Crippen LogP contribution in [0.2, 0.25) is 5.02 Å². The second kappa shape index (κ2) is 11.2. The van der Waals surface area contributed by atoms with Crippen LogP contribution in [0.1, 0.15) is 36.7 Å². The molecule has 2 amide bonds. The van der Waals surface area contributed by atoms with Crippen LogP contribution >= 0.6 is 11.6 Å². The first-order chi connectivity index (χ1) is 16.8. The van der Waals surface area contributed by atoms with Crippen LogP contribution in [0.4, 0.5) is 10.1 Å². The van der Waals surface area contributed by atoms with Crippen molar-refractivity contribution in [1.29, 1.82) is 0 Å². The Morgan fingerprint density at radius 3 is 2.19 bits per heavy atom. The van der Waals surface area contributed by atoms with Gasteiger partial charge in [-0.3, -0.25) is 9.59 Å². The van der Waals surface area contributed by atoms with Gasteiger partial charge in [0.15, 0.2) is 0 Å². The second-order valence-corrected chi connectivity index (χ2v) is 11.3. The predicted octanol–water partition coefficient (Wildman–Crippen LogP) is 4.54.